The summed E-state index contributed by atoms with van der Waals surface area (Å²) in [6.07, 6.45) is 0.572. The van der Waals surface area contributed by atoms with Gasteiger partial charge in [0.2, 0.25) is 21.8 Å². The number of benzene rings is 2. The summed E-state index contributed by atoms with van der Waals surface area (Å²) < 4.78 is 49.5. The Bertz CT molecular complexity index is 1470. The van der Waals surface area contributed by atoms with Gasteiger partial charge < -0.3 is 16.0 Å². The number of fused-ring (bicyclic) bond motifs is 1. The van der Waals surface area contributed by atoms with Crippen LogP contribution in [-0.2, 0) is 19.6 Å². The molecule has 0 unspecified atom stereocenters. The molecule has 4 N–H and O–H groups in total. The maximum absolute atomic E-state index is 13.4. The Balaban J connectivity index is 1.61. The van der Waals surface area contributed by atoms with E-state index < -0.39 is 51.7 Å². The molecule has 3 aromatic rings. The molecule has 2 aromatic carbocycles. The van der Waals surface area contributed by atoms with Gasteiger partial charge in [-0.3, -0.25) is 14.4 Å². The molecule has 1 aromatic heterocycles. The molecule has 216 valence electrons. The molecule has 0 saturated heterocycles. The minimum absolute atomic E-state index is 0.0207. The van der Waals surface area contributed by atoms with Crippen LogP contribution in [0.5, 0.6) is 0 Å². The van der Waals surface area contributed by atoms with Gasteiger partial charge in [-0.15, -0.1) is 11.3 Å². The van der Waals surface area contributed by atoms with E-state index in [0.717, 1.165) is 28.3 Å². The Morgan fingerprint density at radius 2 is 1.82 bits per heavy atom. The molecule has 1 heterocycles. The lowest BCUT2D eigenvalue weighted by Crippen LogP contribution is -2.48. The summed E-state index contributed by atoms with van der Waals surface area (Å²) >= 11 is 7.23. The standard InChI is InChI=1S/C27H32ClFN4O5S2/c1-16(2)13-21(32-27(36)23-14-17-7-4-5-9-22(17)39-23)26(35)31-12-6-8-20(25(34)30-3)33-40(37,38)24-11-10-18(29)15-19(24)28/h4-5,7,9-11,14-16,20-21,33H,6,8,12-13H2,1-3H3,(H,30,34)(H,31,35)(H,32,36)/t20-,21-/m0/s1/i3D. The van der Waals surface area contributed by atoms with Crippen LogP contribution in [0.1, 0.15) is 44.2 Å². The first kappa shape index (κ1) is 29.9. The predicted molar refractivity (Wildman–Crippen MR) is 154 cm³/mol. The van der Waals surface area contributed by atoms with Gasteiger partial charge in [0.1, 0.15) is 22.8 Å². The van der Waals surface area contributed by atoms with E-state index in [4.69, 9.17) is 13.0 Å². The Morgan fingerprint density at radius 3 is 2.50 bits per heavy atom. The number of amides is 3. The molecule has 9 nitrogen and oxygen atoms in total. The highest BCUT2D eigenvalue weighted by atomic mass is 35.5. The molecular weight excluding hydrogens is 579 g/mol. The number of carbonyl (C=O) groups excluding carboxylic acids is 3. The summed E-state index contributed by atoms with van der Waals surface area (Å²) in [5.41, 5.74) is 0. The van der Waals surface area contributed by atoms with Crippen LogP contribution in [-0.4, -0.2) is 51.8 Å². The van der Waals surface area contributed by atoms with Crippen molar-refractivity contribution in [2.24, 2.45) is 5.92 Å². The van der Waals surface area contributed by atoms with E-state index in [1.165, 1.54) is 11.3 Å². The SMILES string of the molecule is [2H]CNC(=O)[C@H](CCCNC(=O)[C@H](CC(C)C)NC(=O)c1cc2ccccc2s1)NS(=O)(=O)c1ccc(F)cc1Cl. The first-order valence-corrected chi connectivity index (χ1v) is 15.2. The highest BCUT2D eigenvalue weighted by Crippen LogP contribution is 2.25. The molecule has 0 aliphatic carbocycles. The second-order valence-electron chi connectivity index (χ2n) is 9.53. The van der Waals surface area contributed by atoms with Gasteiger partial charge in [0.05, 0.1) is 9.90 Å². The van der Waals surface area contributed by atoms with E-state index in [1.54, 1.807) is 6.07 Å². The first-order valence-electron chi connectivity index (χ1n) is 13.2. The van der Waals surface area contributed by atoms with Crippen LogP contribution in [0.4, 0.5) is 4.39 Å². The van der Waals surface area contributed by atoms with Crippen LogP contribution >= 0.6 is 22.9 Å². The molecule has 13 heteroatoms. The van der Waals surface area contributed by atoms with Gasteiger partial charge in [-0.05, 0) is 60.9 Å². The number of thiophene rings is 1. The van der Waals surface area contributed by atoms with E-state index >= 15 is 0 Å². The third-order valence-corrected chi connectivity index (χ3v) is 8.99. The normalized spacial score (nSPS) is 13.5. The quantitative estimate of drug-likeness (QED) is 0.218. The van der Waals surface area contributed by atoms with Crippen molar-refractivity contribution in [1.82, 2.24) is 20.7 Å². The van der Waals surface area contributed by atoms with E-state index in [1.807, 2.05) is 38.1 Å². The van der Waals surface area contributed by atoms with Crippen molar-refractivity contribution < 1.29 is 28.6 Å². The minimum Gasteiger partial charge on any atom is -0.358 e. The average Bonchev–Trinajstić information content (AvgIpc) is 3.34. The molecule has 0 spiro atoms. The molecule has 2 atom stereocenters. The molecule has 0 fully saturated rings. The van der Waals surface area contributed by atoms with Crippen LogP contribution in [0.15, 0.2) is 53.4 Å². The maximum atomic E-state index is 13.4. The maximum Gasteiger partial charge on any atom is 0.262 e. The lowest BCUT2D eigenvalue weighted by atomic mass is 10.0. The highest BCUT2D eigenvalue weighted by Gasteiger charge is 2.27. The second-order valence-corrected chi connectivity index (χ2v) is 12.7. The van der Waals surface area contributed by atoms with Crippen molar-refractivity contribution >= 4 is 60.8 Å². The number of likely N-dealkylation sites (N-methyl/N-ethyl adjacent to an activating group) is 1. The molecule has 3 rings (SSSR count). The van der Waals surface area contributed by atoms with Crippen LogP contribution in [0.3, 0.4) is 0 Å². The first-order chi connectivity index (χ1) is 19.4. The van der Waals surface area contributed by atoms with Crippen LogP contribution in [0, 0.1) is 11.7 Å². The molecular formula is C27H32ClFN4O5S2. The van der Waals surface area contributed by atoms with Gasteiger partial charge in [0, 0.05) is 19.6 Å². The van der Waals surface area contributed by atoms with Crippen LogP contribution < -0.4 is 20.7 Å². The fourth-order valence-corrected chi connectivity index (χ4v) is 6.70. The largest absolute Gasteiger partial charge is 0.358 e. The lowest BCUT2D eigenvalue weighted by molar-refractivity contribution is -0.123. The fraction of sp³-hybridized carbons (Fsp3) is 0.370. The zero-order valence-corrected chi connectivity index (χ0v) is 24.4. The van der Waals surface area contributed by atoms with Crippen molar-refractivity contribution in [3.63, 3.8) is 0 Å². The zero-order valence-electron chi connectivity index (χ0n) is 23.0. The number of hydrogen-bond donors (Lipinski definition) is 4. The lowest BCUT2D eigenvalue weighted by Gasteiger charge is -2.21. The molecule has 0 radical (unpaired) electrons. The van der Waals surface area contributed by atoms with E-state index in [2.05, 4.69) is 20.7 Å². The van der Waals surface area contributed by atoms with E-state index in [-0.39, 0.29) is 36.2 Å². The summed E-state index contributed by atoms with van der Waals surface area (Å²) in [4.78, 5) is 38.5. The van der Waals surface area contributed by atoms with Gasteiger partial charge in [-0.1, -0.05) is 43.6 Å². The number of sulfonamides is 1. The Labute approximate surface area is 243 Å². The van der Waals surface area contributed by atoms with Crippen molar-refractivity contribution in [2.45, 2.75) is 50.1 Å². The molecule has 40 heavy (non-hydrogen) atoms. The topological polar surface area (TPSA) is 133 Å². The fourth-order valence-electron chi connectivity index (χ4n) is 3.98. The van der Waals surface area contributed by atoms with Gasteiger partial charge in [0.25, 0.3) is 5.91 Å². The summed E-state index contributed by atoms with van der Waals surface area (Å²) in [5.74, 6) is -2.10. The molecule has 0 aliphatic heterocycles. The molecule has 0 bridgehead atoms. The van der Waals surface area contributed by atoms with Gasteiger partial charge in [0.15, 0.2) is 0 Å². The van der Waals surface area contributed by atoms with Crippen LogP contribution in [0.2, 0.25) is 5.02 Å². The Morgan fingerprint density at radius 1 is 1.07 bits per heavy atom. The van der Waals surface area contributed by atoms with Crippen molar-refractivity contribution in [3.05, 3.63) is 64.2 Å². The van der Waals surface area contributed by atoms with Gasteiger partial charge in [-0.2, -0.15) is 4.72 Å². The Kier molecular flexibility index (Phi) is 10.5. The number of carbonyl (C=O) groups is 3. The smallest absolute Gasteiger partial charge is 0.262 e. The average molecular weight is 612 g/mol. The highest BCUT2D eigenvalue weighted by molar-refractivity contribution is 7.89. The zero-order chi connectivity index (χ0) is 30.2. The summed E-state index contributed by atoms with van der Waals surface area (Å²) in [7, 11) is -4.78. The van der Waals surface area contributed by atoms with Gasteiger partial charge in [-0.25, -0.2) is 12.8 Å². The van der Waals surface area contributed by atoms with E-state index in [0.29, 0.717) is 11.3 Å². The summed E-state index contributed by atoms with van der Waals surface area (Å²) in [6.45, 7) is 3.96. The predicted octanol–water partition coefficient (Wildman–Crippen LogP) is 3.83. The van der Waals surface area contributed by atoms with Crippen LogP contribution in [0.25, 0.3) is 10.1 Å². The summed E-state index contributed by atoms with van der Waals surface area (Å²) in [6, 6.07) is 10.1. The van der Waals surface area contributed by atoms with Crippen molar-refractivity contribution in [3.8, 4) is 0 Å². The number of nitrogens with one attached hydrogen (secondary N) is 4. The molecule has 3 amide bonds. The third kappa shape index (κ3) is 8.47. The minimum atomic E-state index is -4.30. The van der Waals surface area contributed by atoms with Gasteiger partial charge >= 0.3 is 0 Å². The molecule has 0 aliphatic rings. The number of rotatable bonds is 13. The number of halogens is 2. The third-order valence-electron chi connectivity index (χ3n) is 5.92. The van der Waals surface area contributed by atoms with Crippen molar-refractivity contribution in [1.29, 1.82) is 0 Å². The van der Waals surface area contributed by atoms with Crippen molar-refractivity contribution in [2.75, 3.05) is 13.6 Å². The van der Waals surface area contributed by atoms with E-state index in [9.17, 15) is 27.2 Å². The Hall–Kier alpha value is -3.06. The number of hydrogen-bond acceptors (Lipinski definition) is 6. The molecule has 0 saturated carbocycles. The summed E-state index contributed by atoms with van der Waals surface area (Å²) in [5, 5.41) is 8.40. The second kappa shape index (κ2) is 14.0. The monoisotopic (exact) mass is 611 g/mol.